The molecule has 214 valence electrons. The van der Waals surface area contributed by atoms with E-state index < -0.39 is 22.2 Å². The van der Waals surface area contributed by atoms with Gasteiger partial charge in [-0.05, 0) is 65.7 Å². The number of benzene rings is 1. The molecule has 0 bridgehead atoms. The van der Waals surface area contributed by atoms with Crippen molar-refractivity contribution in [2.75, 3.05) is 13.1 Å². The second-order valence-corrected chi connectivity index (χ2v) is 12.1. The first-order valence-electron chi connectivity index (χ1n) is 12.5. The fourth-order valence-corrected chi connectivity index (χ4v) is 6.69. The van der Waals surface area contributed by atoms with E-state index in [2.05, 4.69) is 27.2 Å². The lowest BCUT2D eigenvalue weighted by molar-refractivity contribution is -0.192. The van der Waals surface area contributed by atoms with Crippen LogP contribution < -0.4 is 0 Å². The van der Waals surface area contributed by atoms with Gasteiger partial charge in [-0.2, -0.15) is 22.6 Å². The van der Waals surface area contributed by atoms with Gasteiger partial charge in [0, 0.05) is 36.6 Å². The summed E-state index contributed by atoms with van der Waals surface area (Å²) in [5, 5.41) is 14.9. The number of halogens is 3. The van der Waals surface area contributed by atoms with Crippen LogP contribution in [0, 0.1) is 0 Å². The zero-order valence-electron chi connectivity index (χ0n) is 21.4. The molecular formula is C27H24F3N5O4S2. The van der Waals surface area contributed by atoms with Crippen LogP contribution in [0.4, 0.5) is 13.2 Å². The number of hydrogen-bond acceptors (Lipinski definition) is 6. The van der Waals surface area contributed by atoms with Crippen molar-refractivity contribution in [3.63, 3.8) is 0 Å². The minimum absolute atomic E-state index is 0.346. The van der Waals surface area contributed by atoms with Crippen LogP contribution in [0.15, 0.2) is 77.3 Å². The highest BCUT2D eigenvalue weighted by Crippen LogP contribution is 2.30. The topological polar surface area (TPSA) is 121 Å². The van der Waals surface area contributed by atoms with Gasteiger partial charge in [0.15, 0.2) is 0 Å². The Kier molecular flexibility index (Phi) is 7.98. The lowest BCUT2D eigenvalue weighted by Crippen LogP contribution is -2.27. The Morgan fingerprint density at radius 2 is 1.78 bits per heavy atom. The number of nitrogens with one attached hydrogen (secondary N) is 1. The van der Waals surface area contributed by atoms with Crippen molar-refractivity contribution in [1.29, 1.82) is 0 Å². The molecule has 2 N–H and O–H groups in total. The number of carboxylic acid groups (broad SMARTS) is 1. The van der Waals surface area contributed by atoms with E-state index in [1.807, 2.05) is 46.6 Å². The Hall–Kier alpha value is -4.01. The third kappa shape index (κ3) is 6.34. The van der Waals surface area contributed by atoms with Crippen LogP contribution in [0.25, 0.3) is 32.7 Å². The van der Waals surface area contributed by atoms with E-state index in [1.165, 1.54) is 0 Å². The summed E-state index contributed by atoms with van der Waals surface area (Å²) in [7, 11) is -3.42. The SMILES string of the molecule is O=C(O)C(F)(F)F.O=S(=O)(c1ccc(-c2ccnc3[nH]c(Cn4ccc(-c5cccs5)n4)cc23)cc1)N1CCCC1. The molecule has 0 unspecified atom stereocenters. The molecule has 0 radical (unpaired) electrons. The van der Waals surface area contributed by atoms with Crippen LogP contribution in [0.5, 0.6) is 0 Å². The molecule has 1 fully saturated rings. The van der Waals surface area contributed by atoms with Gasteiger partial charge in [-0.15, -0.1) is 11.3 Å². The number of carboxylic acids is 1. The summed E-state index contributed by atoms with van der Waals surface area (Å²) in [6.07, 6.45) is 0.524. The van der Waals surface area contributed by atoms with Crippen molar-refractivity contribution in [1.82, 2.24) is 24.1 Å². The van der Waals surface area contributed by atoms with E-state index in [1.54, 1.807) is 34.0 Å². The van der Waals surface area contributed by atoms with Crippen LogP contribution in [0.1, 0.15) is 18.5 Å². The molecule has 5 heterocycles. The number of pyridine rings is 1. The van der Waals surface area contributed by atoms with Crippen LogP contribution in [0.2, 0.25) is 0 Å². The summed E-state index contributed by atoms with van der Waals surface area (Å²) in [5.74, 6) is -2.76. The number of fused-ring (bicyclic) bond motifs is 1. The van der Waals surface area contributed by atoms with E-state index in [0.717, 1.165) is 51.3 Å². The Labute approximate surface area is 236 Å². The maximum Gasteiger partial charge on any atom is 0.490 e. The number of alkyl halides is 3. The number of rotatable bonds is 6. The molecule has 0 atom stereocenters. The molecule has 0 saturated carbocycles. The number of thiophene rings is 1. The summed E-state index contributed by atoms with van der Waals surface area (Å²) in [6.45, 7) is 1.81. The minimum atomic E-state index is -5.08. The maximum atomic E-state index is 12.9. The van der Waals surface area contributed by atoms with Crippen LogP contribution in [-0.2, 0) is 21.4 Å². The molecule has 14 heteroatoms. The normalized spacial score (nSPS) is 14.2. The molecule has 9 nitrogen and oxygen atoms in total. The van der Waals surface area contributed by atoms with E-state index in [4.69, 9.17) is 9.90 Å². The Morgan fingerprint density at radius 1 is 1.07 bits per heavy atom. The van der Waals surface area contributed by atoms with Crippen LogP contribution >= 0.6 is 11.3 Å². The van der Waals surface area contributed by atoms with Crippen LogP contribution in [-0.4, -0.2) is 62.8 Å². The Bertz CT molecular complexity index is 1760. The van der Waals surface area contributed by atoms with Gasteiger partial charge in [0.05, 0.1) is 16.3 Å². The lowest BCUT2D eigenvalue weighted by atomic mass is 10.0. The van der Waals surface area contributed by atoms with Gasteiger partial charge in [0.2, 0.25) is 10.0 Å². The number of carbonyl (C=O) groups is 1. The van der Waals surface area contributed by atoms with E-state index in [0.29, 0.717) is 24.5 Å². The highest BCUT2D eigenvalue weighted by molar-refractivity contribution is 7.89. The summed E-state index contributed by atoms with van der Waals surface area (Å²) in [6, 6.07) is 17.4. The van der Waals surface area contributed by atoms with E-state index >= 15 is 0 Å². The molecule has 6 rings (SSSR count). The molecule has 1 aliphatic rings. The van der Waals surface area contributed by atoms with Crippen molar-refractivity contribution in [3.05, 3.63) is 78.1 Å². The van der Waals surface area contributed by atoms with Gasteiger partial charge in [-0.25, -0.2) is 18.2 Å². The molecule has 4 aromatic heterocycles. The molecule has 0 aliphatic carbocycles. The quantitative estimate of drug-likeness (QED) is 0.260. The summed E-state index contributed by atoms with van der Waals surface area (Å²) < 4.78 is 60.9. The van der Waals surface area contributed by atoms with Crippen LogP contribution in [0.3, 0.4) is 0 Å². The monoisotopic (exact) mass is 603 g/mol. The number of nitrogens with zero attached hydrogens (tertiary/aromatic N) is 4. The number of sulfonamides is 1. The first-order valence-corrected chi connectivity index (χ1v) is 14.8. The lowest BCUT2D eigenvalue weighted by Gasteiger charge is -2.15. The fraction of sp³-hybridized carbons (Fsp3) is 0.222. The number of aromatic nitrogens is 4. The highest BCUT2D eigenvalue weighted by atomic mass is 32.2. The average Bonchev–Trinajstić information content (AvgIpc) is 3.75. The second-order valence-electron chi connectivity index (χ2n) is 9.23. The van der Waals surface area contributed by atoms with Gasteiger partial charge in [0.1, 0.15) is 11.3 Å². The number of H-pyrrole nitrogens is 1. The smallest absolute Gasteiger partial charge is 0.475 e. The number of aromatic amines is 1. The predicted octanol–water partition coefficient (Wildman–Crippen LogP) is 5.62. The molecule has 1 aliphatic heterocycles. The summed E-state index contributed by atoms with van der Waals surface area (Å²) >= 11 is 1.67. The number of hydrogen-bond donors (Lipinski definition) is 2. The summed E-state index contributed by atoms with van der Waals surface area (Å²) in [4.78, 5) is 18.3. The molecule has 0 spiro atoms. The standard InChI is InChI=1S/C25H23N5O2S2.C2HF3O2/c31-34(32,30-12-1-2-13-30)20-7-5-18(6-8-20)21-9-11-26-25-22(21)16-19(27-25)17-29-14-10-23(28-29)24-4-3-15-33-24;3-2(4,5)1(6)7/h3-11,14-16H,1-2,12-13,17H2,(H,26,27);(H,6,7). The maximum absolute atomic E-state index is 12.9. The molecule has 1 aromatic carbocycles. The molecular weight excluding hydrogens is 579 g/mol. The minimum Gasteiger partial charge on any atom is -0.475 e. The van der Waals surface area contributed by atoms with E-state index in [-0.39, 0.29) is 0 Å². The molecule has 41 heavy (non-hydrogen) atoms. The largest absolute Gasteiger partial charge is 0.490 e. The second kappa shape index (κ2) is 11.5. The van der Waals surface area contributed by atoms with Crippen molar-refractivity contribution in [3.8, 4) is 21.7 Å². The van der Waals surface area contributed by atoms with Crippen molar-refractivity contribution < 1.29 is 31.5 Å². The predicted molar refractivity (Wildman–Crippen MR) is 148 cm³/mol. The van der Waals surface area contributed by atoms with Crippen molar-refractivity contribution in [2.45, 2.75) is 30.5 Å². The third-order valence-electron chi connectivity index (χ3n) is 6.44. The third-order valence-corrected chi connectivity index (χ3v) is 9.25. The average molecular weight is 604 g/mol. The van der Waals surface area contributed by atoms with Gasteiger partial charge < -0.3 is 10.1 Å². The molecule has 0 amide bonds. The van der Waals surface area contributed by atoms with Gasteiger partial charge in [-0.3, -0.25) is 4.68 Å². The molecule has 5 aromatic rings. The molecule has 1 saturated heterocycles. The highest BCUT2D eigenvalue weighted by Gasteiger charge is 2.38. The van der Waals surface area contributed by atoms with Gasteiger partial charge >= 0.3 is 12.1 Å². The first kappa shape index (κ1) is 28.5. The Balaban J connectivity index is 0.000000431. The van der Waals surface area contributed by atoms with Crippen molar-refractivity contribution >= 4 is 38.4 Å². The first-order chi connectivity index (χ1) is 19.5. The van der Waals surface area contributed by atoms with Crippen molar-refractivity contribution in [2.24, 2.45) is 0 Å². The fourth-order valence-electron chi connectivity index (χ4n) is 4.48. The zero-order valence-corrected chi connectivity index (χ0v) is 23.0. The Morgan fingerprint density at radius 3 is 2.41 bits per heavy atom. The number of aliphatic carboxylic acids is 1. The van der Waals surface area contributed by atoms with E-state index in [9.17, 15) is 21.6 Å². The zero-order chi connectivity index (χ0) is 29.2. The van der Waals surface area contributed by atoms with Gasteiger partial charge in [0.25, 0.3) is 0 Å². The summed E-state index contributed by atoms with van der Waals surface area (Å²) in [5.41, 5.74) is 4.74. The van der Waals surface area contributed by atoms with Gasteiger partial charge in [-0.1, -0.05) is 18.2 Å².